The van der Waals surface area contributed by atoms with Crippen LogP contribution in [0.1, 0.15) is 62.0 Å². The Morgan fingerprint density at radius 3 is 2.50 bits per heavy atom. The first kappa shape index (κ1) is 13.8. The summed E-state index contributed by atoms with van der Waals surface area (Å²) >= 11 is 0. The standard InChI is InChI=1S/C16H26N4/c1-2-14-13(8-9-17)16(20-10-4-3-5-11-20)19-15(18-14)12-6-7-12/h12H,2-11,17H2,1H3. The summed E-state index contributed by atoms with van der Waals surface area (Å²) in [5.74, 6) is 2.91. The Kier molecular flexibility index (Phi) is 4.20. The first-order valence-electron chi connectivity index (χ1n) is 8.18. The van der Waals surface area contributed by atoms with Crippen LogP contribution in [0.15, 0.2) is 0 Å². The molecule has 110 valence electrons. The van der Waals surface area contributed by atoms with Crippen LogP contribution in [0.3, 0.4) is 0 Å². The molecule has 4 heteroatoms. The number of aryl methyl sites for hydroxylation is 1. The molecule has 0 bridgehead atoms. The molecule has 1 aliphatic carbocycles. The minimum Gasteiger partial charge on any atom is -0.356 e. The fourth-order valence-electron chi connectivity index (χ4n) is 3.12. The lowest BCUT2D eigenvalue weighted by atomic mass is 10.1. The van der Waals surface area contributed by atoms with Crippen LogP contribution in [0, 0.1) is 0 Å². The topological polar surface area (TPSA) is 55.0 Å². The molecule has 0 spiro atoms. The third kappa shape index (κ3) is 2.80. The summed E-state index contributed by atoms with van der Waals surface area (Å²) < 4.78 is 0. The van der Waals surface area contributed by atoms with Gasteiger partial charge in [0.05, 0.1) is 0 Å². The summed E-state index contributed by atoms with van der Waals surface area (Å²) in [7, 11) is 0. The number of rotatable bonds is 5. The van der Waals surface area contributed by atoms with E-state index in [1.54, 1.807) is 0 Å². The number of hydrogen-bond donors (Lipinski definition) is 1. The summed E-state index contributed by atoms with van der Waals surface area (Å²) in [6, 6.07) is 0. The van der Waals surface area contributed by atoms with Gasteiger partial charge in [-0.15, -0.1) is 0 Å². The van der Waals surface area contributed by atoms with Gasteiger partial charge in [-0.1, -0.05) is 6.92 Å². The van der Waals surface area contributed by atoms with E-state index in [0.29, 0.717) is 12.5 Å². The van der Waals surface area contributed by atoms with Crippen molar-refractivity contribution < 1.29 is 0 Å². The molecule has 0 aromatic carbocycles. The molecule has 1 aliphatic heterocycles. The molecular weight excluding hydrogens is 248 g/mol. The van der Waals surface area contributed by atoms with Gasteiger partial charge in [-0.05, 0) is 51.5 Å². The first-order valence-corrected chi connectivity index (χ1v) is 8.18. The lowest BCUT2D eigenvalue weighted by Crippen LogP contribution is -2.32. The average Bonchev–Trinajstić information content (AvgIpc) is 3.33. The number of piperidine rings is 1. The number of nitrogens with zero attached hydrogens (tertiary/aromatic N) is 3. The molecule has 1 aromatic rings. The largest absolute Gasteiger partial charge is 0.356 e. The highest BCUT2D eigenvalue weighted by molar-refractivity contribution is 5.50. The van der Waals surface area contributed by atoms with Crippen molar-refractivity contribution in [2.75, 3.05) is 24.5 Å². The fraction of sp³-hybridized carbons (Fsp3) is 0.750. The highest BCUT2D eigenvalue weighted by Crippen LogP contribution is 2.39. The second kappa shape index (κ2) is 6.08. The number of aromatic nitrogens is 2. The molecule has 1 saturated carbocycles. The number of hydrogen-bond acceptors (Lipinski definition) is 4. The second-order valence-corrected chi connectivity index (χ2v) is 6.04. The third-order valence-electron chi connectivity index (χ3n) is 4.42. The predicted octanol–water partition coefficient (Wildman–Crippen LogP) is 2.41. The van der Waals surface area contributed by atoms with E-state index in [1.165, 1.54) is 49.2 Å². The van der Waals surface area contributed by atoms with Gasteiger partial charge in [-0.3, -0.25) is 0 Å². The smallest absolute Gasteiger partial charge is 0.135 e. The maximum absolute atomic E-state index is 5.82. The molecule has 0 radical (unpaired) electrons. The van der Waals surface area contributed by atoms with Crippen molar-refractivity contribution in [2.45, 2.75) is 57.8 Å². The Morgan fingerprint density at radius 1 is 1.15 bits per heavy atom. The fourth-order valence-corrected chi connectivity index (χ4v) is 3.12. The SMILES string of the molecule is CCc1nc(C2CC2)nc(N2CCCCC2)c1CCN. The molecule has 0 unspecified atom stereocenters. The van der Waals surface area contributed by atoms with Crippen molar-refractivity contribution in [1.82, 2.24) is 9.97 Å². The quantitative estimate of drug-likeness (QED) is 0.896. The number of anilines is 1. The molecule has 2 fully saturated rings. The Hall–Kier alpha value is -1.16. The zero-order chi connectivity index (χ0) is 13.9. The zero-order valence-electron chi connectivity index (χ0n) is 12.6. The maximum atomic E-state index is 5.82. The molecule has 4 nitrogen and oxygen atoms in total. The molecule has 3 rings (SSSR count). The van der Waals surface area contributed by atoms with Crippen LogP contribution in [0.5, 0.6) is 0 Å². The molecule has 0 atom stereocenters. The van der Waals surface area contributed by atoms with Crippen molar-refractivity contribution >= 4 is 5.82 Å². The highest BCUT2D eigenvalue weighted by atomic mass is 15.2. The molecule has 2 N–H and O–H groups in total. The van der Waals surface area contributed by atoms with Crippen molar-refractivity contribution in [1.29, 1.82) is 0 Å². The Labute approximate surface area is 121 Å². The molecule has 2 aliphatic rings. The van der Waals surface area contributed by atoms with Crippen LogP contribution < -0.4 is 10.6 Å². The van der Waals surface area contributed by atoms with Crippen LogP contribution in [-0.2, 0) is 12.8 Å². The lowest BCUT2D eigenvalue weighted by molar-refractivity contribution is 0.569. The summed E-state index contributed by atoms with van der Waals surface area (Å²) in [5.41, 5.74) is 8.36. The van der Waals surface area contributed by atoms with Crippen LogP contribution in [0.25, 0.3) is 0 Å². The van der Waals surface area contributed by atoms with E-state index in [2.05, 4.69) is 11.8 Å². The van der Waals surface area contributed by atoms with Gasteiger partial charge in [0, 0.05) is 30.3 Å². The van der Waals surface area contributed by atoms with Gasteiger partial charge < -0.3 is 10.6 Å². The van der Waals surface area contributed by atoms with E-state index >= 15 is 0 Å². The zero-order valence-corrected chi connectivity index (χ0v) is 12.6. The Morgan fingerprint density at radius 2 is 1.90 bits per heavy atom. The van der Waals surface area contributed by atoms with Crippen molar-refractivity contribution in [3.63, 3.8) is 0 Å². The molecular formula is C16H26N4. The van der Waals surface area contributed by atoms with E-state index in [9.17, 15) is 0 Å². The van der Waals surface area contributed by atoms with Crippen LogP contribution in [0.4, 0.5) is 5.82 Å². The minimum absolute atomic E-state index is 0.621. The summed E-state index contributed by atoms with van der Waals surface area (Å²) in [6.07, 6.45) is 8.33. The van der Waals surface area contributed by atoms with Crippen LogP contribution >= 0.6 is 0 Å². The molecule has 1 saturated heterocycles. The van der Waals surface area contributed by atoms with Gasteiger partial charge in [0.2, 0.25) is 0 Å². The number of nitrogens with two attached hydrogens (primary N) is 1. The van der Waals surface area contributed by atoms with Gasteiger partial charge in [0.15, 0.2) is 0 Å². The van der Waals surface area contributed by atoms with E-state index in [1.807, 2.05) is 0 Å². The van der Waals surface area contributed by atoms with Gasteiger partial charge in [-0.25, -0.2) is 9.97 Å². The van der Waals surface area contributed by atoms with E-state index in [0.717, 1.165) is 31.8 Å². The first-order chi connectivity index (χ1) is 9.83. The minimum atomic E-state index is 0.621. The van der Waals surface area contributed by atoms with E-state index in [4.69, 9.17) is 15.7 Å². The third-order valence-corrected chi connectivity index (χ3v) is 4.42. The average molecular weight is 274 g/mol. The van der Waals surface area contributed by atoms with Crippen LogP contribution in [0.2, 0.25) is 0 Å². The second-order valence-electron chi connectivity index (χ2n) is 6.04. The summed E-state index contributed by atoms with van der Waals surface area (Å²) in [6.45, 7) is 5.16. The molecule has 20 heavy (non-hydrogen) atoms. The van der Waals surface area contributed by atoms with Crippen molar-refractivity contribution in [2.24, 2.45) is 5.73 Å². The van der Waals surface area contributed by atoms with Gasteiger partial charge in [0.1, 0.15) is 11.6 Å². The van der Waals surface area contributed by atoms with Crippen molar-refractivity contribution in [3.8, 4) is 0 Å². The molecule has 0 amide bonds. The highest BCUT2D eigenvalue weighted by Gasteiger charge is 2.29. The lowest BCUT2D eigenvalue weighted by Gasteiger charge is -2.30. The van der Waals surface area contributed by atoms with Crippen molar-refractivity contribution in [3.05, 3.63) is 17.1 Å². The van der Waals surface area contributed by atoms with E-state index < -0.39 is 0 Å². The molecule has 2 heterocycles. The Balaban J connectivity index is 1.99. The molecule has 1 aromatic heterocycles. The summed E-state index contributed by atoms with van der Waals surface area (Å²) in [5, 5.41) is 0. The van der Waals surface area contributed by atoms with Gasteiger partial charge in [0.25, 0.3) is 0 Å². The van der Waals surface area contributed by atoms with Crippen LogP contribution in [-0.4, -0.2) is 29.6 Å². The van der Waals surface area contributed by atoms with E-state index in [-0.39, 0.29) is 0 Å². The monoisotopic (exact) mass is 274 g/mol. The van der Waals surface area contributed by atoms with Gasteiger partial charge in [-0.2, -0.15) is 0 Å². The Bertz CT molecular complexity index is 462. The summed E-state index contributed by atoms with van der Waals surface area (Å²) in [4.78, 5) is 12.3. The maximum Gasteiger partial charge on any atom is 0.135 e. The van der Waals surface area contributed by atoms with Gasteiger partial charge >= 0.3 is 0 Å². The predicted molar refractivity (Wildman–Crippen MR) is 82.2 cm³/mol. The normalized spacial score (nSPS) is 19.4.